The van der Waals surface area contributed by atoms with Gasteiger partial charge in [-0.25, -0.2) is 9.69 Å². The lowest BCUT2D eigenvalue weighted by Crippen LogP contribution is -2.33. The number of hydrogen-bond donors (Lipinski definition) is 2. The molecule has 10 heteroatoms. The summed E-state index contributed by atoms with van der Waals surface area (Å²) in [6.07, 6.45) is 2.44. The maximum Gasteiger partial charge on any atom is 0.332 e. The van der Waals surface area contributed by atoms with Crippen LogP contribution in [0.25, 0.3) is 0 Å². The van der Waals surface area contributed by atoms with Crippen LogP contribution in [0.1, 0.15) is 22.6 Å². The lowest BCUT2D eigenvalue weighted by molar-refractivity contribution is -0.123. The number of imide groups is 1. The number of fused-ring (bicyclic) bond motifs is 1. The van der Waals surface area contributed by atoms with E-state index in [9.17, 15) is 9.59 Å². The Kier molecular flexibility index (Phi) is 5.13. The van der Waals surface area contributed by atoms with Crippen LogP contribution in [0.5, 0.6) is 11.5 Å². The van der Waals surface area contributed by atoms with E-state index in [2.05, 4.69) is 10.5 Å². The van der Waals surface area contributed by atoms with Crippen molar-refractivity contribution >= 4 is 18.2 Å². The van der Waals surface area contributed by atoms with Crippen LogP contribution in [0.4, 0.5) is 4.79 Å². The molecule has 1 aromatic carbocycles. The fourth-order valence-corrected chi connectivity index (χ4v) is 3.37. The van der Waals surface area contributed by atoms with Crippen LogP contribution in [0.15, 0.2) is 34.6 Å². The summed E-state index contributed by atoms with van der Waals surface area (Å²) in [4.78, 5) is 27.7. The number of nitrogens with one attached hydrogen (secondary N) is 2. The molecule has 0 aliphatic carbocycles. The minimum Gasteiger partial charge on any atom is -0.454 e. The predicted molar refractivity (Wildman–Crippen MR) is 105 cm³/mol. The Bertz CT molecular complexity index is 1020. The number of ether oxygens (including phenoxy) is 2. The predicted octanol–water partition coefficient (Wildman–Crippen LogP) is 2.07. The second-order valence-electron chi connectivity index (χ2n) is 6.95. The lowest BCUT2D eigenvalue weighted by atomic mass is 10.2. The second kappa shape index (κ2) is 7.90. The molecule has 1 saturated heterocycles. The van der Waals surface area contributed by atoms with Gasteiger partial charge in [0.05, 0.1) is 11.4 Å². The maximum absolute atomic E-state index is 12.8. The number of urea groups is 1. The summed E-state index contributed by atoms with van der Waals surface area (Å²) in [6, 6.07) is 4.92. The van der Waals surface area contributed by atoms with Gasteiger partial charge in [-0.1, -0.05) is 11.2 Å². The highest BCUT2D eigenvalue weighted by atomic mass is 16.7. The average Bonchev–Trinajstić information content (AvgIpc) is 3.39. The third-order valence-corrected chi connectivity index (χ3v) is 4.96. The third-order valence-electron chi connectivity index (χ3n) is 4.96. The molecule has 10 nitrogen and oxygen atoms in total. The SMILES string of the molecule is Cc1noc(C)c1CN/C=C(\C=N)N1C(=O)CN(Cc2ccc3c(c2)OCO3)C1=O. The first kappa shape index (κ1) is 19.5. The van der Waals surface area contributed by atoms with E-state index in [1.807, 2.05) is 13.0 Å². The van der Waals surface area contributed by atoms with Crippen molar-refractivity contribution < 1.29 is 23.6 Å². The van der Waals surface area contributed by atoms with Gasteiger partial charge in [-0.15, -0.1) is 0 Å². The zero-order chi connectivity index (χ0) is 21.3. The van der Waals surface area contributed by atoms with Crippen molar-refractivity contribution in [3.63, 3.8) is 0 Å². The van der Waals surface area contributed by atoms with Crippen LogP contribution in [0, 0.1) is 19.3 Å². The molecule has 1 fully saturated rings. The maximum atomic E-state index is 12.8. The zero-order valence-electron chi connectivity index (χ0n) is 16.6. The number of rotatable bonds is 7. The van der Waals surface area contributed by atoms with E-state index >= 15 is 0 Å². The summed E-state index contributed by atoms with van der Waals surface area (Å²) < 4.78 is 15.8. The normalized spacial score (nSPS) is 15.9. The average molecular weight is 411 g/mol. The van der Waals surface area contributed by atoms with Crippen molar-refractivity contribution in [3.8, 4) is 11.5 Å². The fraction of sp³-hybridized carbons (Fsp3) is 0.300. The Morgan fingerprint density at radius 1 is 1.27 bits per heavy atom. The summed E-state index contributed by atoms with van der Waals surface area (Å²) in [5.74, 6) is 1.57. The molecular formula is C20H21N5O5. The Labute approximate surface area is 172 Å². The molecule has 3 heterocycles. The standard InChI is InChI=1S/C20H21N5O5/c1-12-16(13(2)30-23-12)8-22-7-15(6-21)25-19(26)10-24(20(25)27)9-14-3-4-17-18(5-14)29-11-28-17/h3-7,21-22H,8-11H2,1-2H3/b15-7+,21-6?. The van der Waals surface area contributed by atoms with Gasteiger partial charge in [0.2, 0.25) is 6.79 Å². The van der Waals surface area contributed by atoms with Gasteiger partial charge in [-0.2, -0.15) is 0 Å². The summed E-state index contributed by atoms with van der Waals surface area (Å²) in [7, 11) is 0. The molecule has 2 N–H and O–H groups in total. The smallest absolute Gasteiger partial charge is 0.332 e. The topological polar surface area (TPSA) is 121 Å². The Morgan fingerprint density at radius 2 is 2.07 bits per heavy atom. The van der Waals surface area contributed by atoms with E-state index in [1.165, 1.54) is 11.1 Å². The Morgan fingerprint density at radius 3 is 2.80 bits per heavy atom. The van der Waals surface area contributed by atoms with Crippen molar-refractivity contribution in [2.24, 2.45) is 0 Å². The molecule has 1 aromatic heterocycles. The van der Waals surface area contributed by atoms with Crippen LogP contribution in [-0.4, -0.2) is 46.4 Å². The van der Waals surface area contributed by atoms with Gasteiger partial charge in [0.15, 0.2) is 11.5 Å². The highest BCUT2D eigenvalue weighted by Gasteiger charge is 2.38. The van der Waals surface area contributed by atoms with Crippen molar-refractivity contribution in [3.05, 3.63) is 52.7 Å². The molecule has 0 unspecified atom stereocenters. The second-order valence-corrected chi connectivity index (χ2v) is 6.95. The molecule has 30 heavy (non-hydrogen) atoms. The number of carbonyl (C=O) groups is 2. The molecule has 4 rings (SSSR count). The van der Waals surface area contributed by atoms with E-state index in [-0.39, 0.29) is 25.6 Å². The number of allylic oxidation sites excluding steroid dienone is 1. The summed E-state index contributed by atoms with van der Waals surface area (Å²) in [5, 5.41) is 14.6. The minimum atomic E-state index is -0.480. The highest BCUT2D eigenvalue weighted by Crippen LogP contribution is 2.33. The van der Waals surface area contributed by atoms with E-state index < -0.39 is 11.9 Å². The molecule has 2 aliphatic heterocycles. The van der Waals surface area contributed by atoms with Gasteiger partial charge < -0.3 is 29.6 Å². The Hall–Kier alpha value is -3.82. The van der Waals surface area contributed by atoms with Crippen molar-refractivity contribution in [1.29, 1.82) is 5.41 Å². The zero-order valence-corrected chi connectivity index (χ0v) is 16.6. The van der Waals surface area contributed by atoms with Gasteiger partial charge in [0, 0.05) is 31.1 Å². The molecule has 0 atom stereocenters. The number of amides is 3. The van der Waals surface area contributed by atoms with Crippen molar-refractivity contribution in [1.82, 2.24) is 20.3 Å². The summed E-state index contributed by atoms with van der Waals surface area (Å²) >= 11 is 0. The van der Waals surface area contributed by atoms with Crippen molar-refractivity contribution in [2.45, 2.75) is 26.9 Å². The summed E-state index contributed by atoms with van der Waals surface area (Å²) in [5.41, 5.74) is 2.62. The number of aryl methyl sites for hydroxylation is 2. The molecule has 0 spiro atoms. The molecular weight excluding hydrogens is 390 g/mol. The van der Waals surface area contributed by atoms with Gasteiger partial charge in [0.25, 0.3) is 5.91 Å². The monoisotopic (exact) mass is 411 g/mol. The largest absolute Gasteiger partial charge is 0.454 e. The van der Waals surface area contributed by atoms with Gasteiger partial charge >= 0.3 is 6.03 Å². The molecule has 2 aromatic rings. The molecule has 0 radical (unpaired) electrons. The minimum absolute atomic E-state index is 0.0671. The molecule has 3 amide bonds. The first-order chi connectivity index (χ1) is 14.5. The Balaban J connectivity index is 1.44. The molecule has 2 aliphatic rings. The quantitative estimate of drug-likeness (QED) is 0.528. The van der Waals surface area contributed by atoms with Crippen LogP contribution in [0.3, 0.4) is 0 Å². The van der Waals surface area contributed by atoms with E-state index in [0.29, 0.717) is 23.8 Å². The first-order valence-corrected chi connectivity index (χ1v) is 9.34. The lowest BCUT2D eigenvalue weighted by Gasteiger charge is -2.18. The third kappa shape index (κ3) is 3.59. The number of benzene rings is 1. The first-order valence-electron chi connectivity index (χ1n) is 9.34. The van der Waals surface area contributed by atoms with Gasteiger partial charge in [0.1, 0.15) is 12.3 Å². The highest BCUT2D eigenvalue weighted by molar-refractivity contribution is 6.07. The molecule has 0 bridgehead atoms. The summed E-state index contributed by atoms with van der Waals surface area (Å²) in [6.45, 7) is 4.38. The molecule has 0 saturated carbocycles. The fourth-order valence-electron chi connectivity index (χ4n) is 3.37. The van der Waals surface area contributed by atoms with Gasteiger partial charge in [-0.3, -0.25) is 4.79 Å². The van der Waals surface area contributed by atoms with Crippen LogP contribution >= 0.6 is 0 Å². The van der Waals surface area contributed by atoms with Crippen molar-refractivity contribution in [2.75, 3.05) is 13.3 Å². The number of carbonyl (C=O) groups excluding carboxylic acids is 2. The van der Waals surface area contributed by atoms with Crippen LogP contribution < -0.4 is 14.8 Å². The van der Waals surface area contributed by atoms with E-state index in [0.717, 1.165) is 27.9 Å². The number of nitrogens with zero attached hydrogens (tertiary/aromatic N) is 3. The van der Waals surface area contributed by atoms with Gasteiger partial charge in [-0.05, 0) is 31.5 Å². The van der Waals surface area contributed by atoms with E-state index in [1.54, 1.807) is 19.1 Å². The van der Waals surface area contributed by atoms with Crippen LogP contribution in [-0.2, 0) is 17.9 Å². The number of aromatic nitrogens is 1. The van der Waals surface area contributed by atoms with Crippen LogP contribution in [0.2, 0.25) is 0 Å². The van der Waals surface area contributed by atoms with E-state index in [4.69, 9.17) is 19.4 Å². The number of hydrogen-bond acceptors (Lipinski definition) is 8. The molecule has 156 valence electrons.